The van der Waals surface area contributed by atoms with Crippen LogP contribution >= 0.6 is 0 Å². The van der Waals surface area contributed by atoms with Crippen LogP contribution in [-0.4, -0.2) is 24.9 Å². The first-order valence-corrected chi connectivity index (χ1v) is 11.5. The summed E-state index contributed by atoms with van der Waals surface area (Å²) in [5.41, 5.74) is 5.86. The Morgan fingerprint density at radius 2 is 1.85 bits per heavy atom. The summed E-state index contributed by atoms with van der Waals surface area (Å²) in [4.78, 5) is 2.24. The van der Waals surface area contributed by atoms with Crippen molar-refractivity contribution < 1.29 is 38.4 Å². The van der Waals surface area contributed by atoms with Crippen LogP contribution in [-0.2, 0) is 11.3 Å². The molecule has 3 aromatic rings. The second-order valence-electron chi connectivity index (χ2n) is 7.79. The van der Waals surface area contributed by atoms with Crippen molar-refractivity contribution in [2.75, 3.05) is 24.7 Å². The molecular formula is C29H31IN2O2. The van der Waals surface area contributed by atoms with Gasteiger partial charge in [-0.2, -0.15) is 4.57 Å². The standard InChI is InChI=1S/C29H31N2O2.HI/c1-3-30-19-17-23(26-9-5-7-11-28(26)30)13-15-25(33-22-21-32)16-14-24-18-20-31(4-2)29-12-8-6-10-27(24)29;/h5-20,32H,3-4,21-22H2,1-2H3;1H/q+1;/p-1. The number of halogens is 1. The summed E-state index contributed by atoms with van der Waals surface area (Å²) in [6.45, 7) is 6.37. The number of benzene rings is 2. The summed E-state index contributed by atoms with van der Waals surface area (Å²) >= 11 is 0. The van der Waals surface area contributed by atoms with Gasteiger partial charge in [-0.1, -0.05) is 42.5 Å². The van der Waals surface area contributed by atoms with Gasteiger partial charge in [0.2, 0.25) is 5.52 Å². The zero-order valence-corrected chi connectivity index (χ0v) is 21.9. The summed E-state index contributed by atoms with van der Waals surface area (Å²) in [6.07, 6.45) is 14.5. The van der Waals surface area contributed by atoms with E-state index in [0.717, 1.165) is 24.2 Å². The Balaban J connectivity index is 0.00000324. The van der Waals surface area contributed by atoms with Crippen LogP contribution in [0.5, 0.6) is 0 Å². The minimum atomic E-state index is -0.0271. The van der Waals surface area contributed by atoms with E-state index < -0.39 is 0 Å². The third-order valence-corrected chi connectivity index (χ3v) is 5.81. The van der Waals surface area contributed by atoms with Gasteiger partial charge in [-0.25, -0.2) is 0 Å². The molecule has 4 rings (SSSR count). The predicted molar refractivity (Wildman–Crippen MR) is 137 cm³/mol. The van der Waals surface area contributed by atoms with Crippen LogP contribution in [0.2, 0.25) is 0 Å². The minimum Gasteiger partial charge on any atom is -1.00 e. The molecule has 2 heterocycles. The van der Waals surface area contributed by atoms with Gasteiger partial charge in [0.05, 0.1) is 12.0 Å². The van der Waals surface area contributed by atoms with Crippen LogP contribution in [0.15, 0.2) is 97.1 Å². The maximum absolute atomic E-state index is 9.29. The zero-order chi connectivity index (χ0) is 23.0. The van der Waals surface area contributed by atoms with Crippen LogP contribution in [0.25, 0.3) is 22.6 Å². The molecule has 34 heavy (non-hydrogen) atoms. The molecule has 0 aliphatic carbocycles. The molecular weight excluding hydrogens is 535 g/mol. The number of nitrogens with zero attached hydrogens (tertiary/aromatic N) is 2. The smallest absolute Gasteiger partial charge is 0.213 e. The quantitative estimate of drug-likeness (QED) is 0.197. The second-order valence-corrected chi connectivity index (χ2v) is 7.79. The summed E-state index contributed by atoms with van der Waals surface area (Å²) in [6, 6.07) is 19.0. The zero-order valence-electron chi connectivity index (χ0n) is 19.7. The molecule has 0 spiro atoms. The normalized spacial score (nSPS) is 14.5. The minimum absolute atomic E-state index is 0. The SMILES string of the molecule is CCN1C=C\C(=C/C=C(/C=C/c2cc[n+](CC)c3ccccc23)OCCO)c2ccccc21.[I-]. The lowest BCUT2D eigenvalue weighted by atomic mass is 9.99. The van der Waals surface area contributed by atoms with Gasteiger partial charge in [0, 0.05) is 36.1 Å². The molecule has 0 amide bonds. The predicted octanol–water partition coefficient (Wildman–Crippen LogP) is 2.49. The lowest BCUT2D eigenvalue weighted by Crippen LogP contribution is -3.00. The number of rotatable bonds is 8. The highest BCUT2D eigenvalue weighted by Crippen LogP contribution is 2.32. The van der Waals surface area contributed by atoms with Crippen molar-refractivity contribution in [3.8, 4) is 0 Å². The van der Waals surface area contributed by atoms with Gasteiger partial charge in [-0.3, -0.25) is 0 Å². The fourth-order valence-electron chi connectivity index (χ4n) is 4.12. The van der Waals surface area contributed by atoms with E-state index in [4.69, 9.17) is 4.74 Å². The molecule has 0 saturated heterocycles. The monoisotopic (exact) mass is 566 g/mol. The van der Waals surface area contributed by atoms with E-state index in [0.29, 0.717) is 5.76 Å². The van der Waals surface area contributed by atoms with Gasteiger partial charge in [-0.15, -0.1) is 0 Å². The van der Waals surface area contributed by atoms with Crippen LogP contribution < -0.4 is 33.4 Å². The number of hydrogen-bond acceptors (Lipinski definition) is 3. The van der Waals surface area contributed by atoms with Crippen molar-refractivity contribution in [1.82, 2.24) is 0 Å². The van der Waals surface area contributed by atoms with Crippen LogP contribution in [0.3, 0.4) is 0 Å². The number of allylic oxidation sites excluding steroid dienone is 5. The van der Waals surface area contributed by atoms with Crippen molar-refractivity contribution in [3.63, 3.8) is 0 Å². The Morgan fingerprint density at radius 3 is 2.65 bits per heavy atom. The second kappa shape index (κ2) is 12.5. The maximum atomic E-state index is 9.29. The number of aliphatic hydroxyl groups excluding tert-OH is 1. The van der Waals surface area contributed by atoms with Crippen molar-refractivity contribution in [2.45, 2.75) is 20.4 Å². The van der Waals surface area contributed by atoms with Crippen LogP contribution in [0.1, 0.15) is 25.0 Å². The van der Waals surface area contributed by atoms with E-state index in [1.807, 2.05) is 12.2 Å². The fraction of sp³-hybridized carbons (Fsp3) is 0.207. The van der Waals surface area contributed by atoms with Crippen LogP contribution in [0.4, 0.5) is 5.69 Å². The molecule has 0 radical (unpaired) electrons. The molecule has 0 fully saturated rings. The van der Waals surface area contributed by atoms with E-state index >= 15 is 0 Å². The fourth-order valence-corrected chi connectivity index (χ4v) is 4.12. The van der Waals surface area contributed by atoms with Crippen molar-refractivity contribution in [1.29, 1.82) is 0 Å². The van der Waals surface area contributed by atoms with E-state index in [9.17, 15) is 5.11 Å². The molecule has 5 heteroatoms. The lowest BCUT2D eigenvalue weighted by Gasteiger charge is -2.26. The first-order chi connectivity index (χ1) is 16.2. The number of aliphatic hydroxyl groups is 1. The molecule has 1 aliphatic heterocycles. The molecule has 176 valence electrons. The van der Waals surface area contributed by atoms with Gasteiger partial charge in [0.15, 0.2) is 6.20 Å². The van der Waals surface area contributed by atoms with Crippen LogP contribution in [0, 0.1) is 0 Å². The van der Waals surface area contributed by atoms with Crippen molar-refractivity contribution in [2.24, 2.45) is 0 Å². The average Bonchev–Trinajstić information content (AvgIpc) is 2.87. The van der Waals surface area contributed by atoms with Crippen molar-refractivity contribution >= 4 is 28.2 Å². The molecule has 0 saturated carbocycles. The van der Waals surface area contributed by atoms with Gasteiger partial charge in [0.25, 0.3) is 0 Å². The lowest BCUT2D eigenvalue weighted by molar-refractivity contribution is -0.667. The molecule has 2 aromatic carbocycles. The number of aromatic nitrogens is 1. The number of ether oxygens (including phenoxy) is 1. The van der Waals surface area contributed by atoms with E-state index in [1.165, 1.54) is 22.2 Å². The third kappa shape index (κ3) is 5.77. The van der Waals surface area contributed by atoms with Gasteiger partial charge >= 0.3 is 0 Å². The number of para-hydroxylation sites is 2. The summed E-state index contributed by atoms with van der Waals surface area (Å²) < 4.78 is 8.07. The Kier molecular flexibility index (Phi) is 9.48. The van der Waals surface area contributed by atoms with E-state index in [2.05, 4.69) is 109 Å². The van der Waals surface area contributed by atoms with Gasteiger partial charge < -0.3 is 38.7 Å². The molecule has 0 bridgehead atoms. The largest absolute Gasteiger partial charge is 1.00 e. The highest BCUT2D eigenvalue weighted by molar-refractivity contribution is 5.87. The summed E-state index contributed by atoms with van der Waals surface area (Å²) in [7, 11) is 0. The Morgan fingerprint density at radius 1 is 1.06 bits per heavy atom. The molecule has 0 unspecified atom stereocenters. The number of pyridine rings is 1. The first-order valence-electron chi connectivity index (χ1n) is 11.5. The third-order valence-electron chi connectivity index (χ3n) is 5.81. The first kappa shape index (κ1) is 25.7. The number of fused-ring (bicyclic) bond motifs is 2. The van der Waals surface area contributed by atoms with Gasteiger partial charge in [0.1, 0.15) is 18.9 Å². The van der Waals surface area contributed by atoms with E-state index in [-0.39, 0.29) is 37.2 Å². The number of anilines is 1. The average molecular weight is 566 g/mol. The van der Waals surface area contributed by atoms with Crippen molar-refractivity contribution in [3.05, 3.63) is 108 Å². The topological polar surface area (TPSA) is 36.6 Å². The van der Waals surface area contributed by atoms with Gasteiger partial charge in [-0.05, 0) is 55.3 Å². The maximum Gasteiger partial charge on any atom is 0.213 e. The molecule has 1 aliphatic rings. The molecule has 1 N–H and O–H groups in total. The number of hydrogen-bond donors (Lipinski definition) is 1. The van der Waals surface area contributed by atoms with E-state index in [1.54, 1.807) is 0 Å². The Hall–Kier alpha value is -2.90. The molecule has 1 aromatic heterocycles. The Labute approximate surface area is 219 Å². The molecule has 4 nitrogen and oxygen atoms in total. The molecule has 0 atom stereocenters. The highest BCUT2D eigenvalue weighted by atomic mass is 127. The summed E-state index contributed by atoms with van der Waals surface area (Å²) in [5, 5.41) is 10.5. The highest BCUT2D eigenvalue weighted by Gasteiger charge is 2.14. The Bertz CT molecular complexity index is 1240. The number of aryl methyl sites for hydroxylation is 1. The summed E-state index contributed by atoms with van der Waals surface area (Å²) in [5.74, 6) is 0.705.